The zero-order valence-electron chi connectivity index (χ0n) is 15.1. The van der Waals surface area contributed by atoms with Gasteiger partial charge in [0, 0.05) is 26.2 Å². The van der Waals surface area contributed by atoms with Gasteiger partial charge in [-0.2, -0.15) is 0 Å². The molecule has 0 aliphatic carbocycles. The molecule has 1 aliphatic rings. The molecule has 1 aliphatic heterocycles. The van der Waals surface area contributed by atoms with Crippen LogP contribution in [0.5, 0.6) is 0 Å². The monoisotopic (exact) mass is 349 g/mol. The molecule has 1 heterocycles. The van der Waals surface area contributed by atoms with Crippen LogP contribution in [-0.2, 0) is 9.47 Å². The van der Waals surface area contributed by atoms with Crippen LogP contribution in [0.1, 0.15) is 24.2 Å². The highest BCUT2D eigenvalue weighted by Gasteiger charge is 2.22. The Kier molecular flexibility index (Phi) is 7.21. The molecule has 1 saturated heterocycles. The number of nitrogens with one attached hydrogen (secondary N) is 2. The molecule has 1 atom stereocenters. The van der Waals surface area contributed by atoms with Gasteiger partial charge in [0.05, 0.1) is 31.1 Å². The summed E-state index contributed by atoms with van der Waals surface area (Å²) in [5.74, 6) is 0.348. The highest BCUT2D eigenvalue weighted by molar-refractivity contribution is 6.02. The van der Waals surface area contributed by atoms with Crippen LogP contribution in [0.3, 0.4) is 0 Å². The van der Waals surface area contributed by atoms with E-state index in [0.717, 1.165) is 19.6 Å². The summed E-state index contributed by atoms with van der Waals surface area (Å²) in [6.45, 7) is 8.25. The van der Waals surface area contributed by atoms with Gasteiger partial charge in [0.15, 0.2) is 0 Å². The van der Waals surface area contributed by atoms with Crippen molar-refractivity contribution in [2.45, 2.75) is 20.0 Å². The molecule has 0 spiro atoms. The second-order valence-corrected chi connectivity index (χ2v) is 6.52. The molecule has 0 aromatic heterocycles. The molecule has 2 N–H and O–H groups in total. The third kappa shape index (κ3) is 6.03. The van der Waals surface area contributed by atoms with E-state index in [1.165, 1.54) is 7.11 Å². The van der Waals surface area contributed by atoms with Gasteiger partial charge in [-0.15, -0.1) is 0 Å². The lowest BCUT2D eigenvalue weighted by Crippen LogP contribution is -2.48. The first-order chi connectivity index (χ1) is 12.0. The number of hydrogen-bond donors (Lipinski definition) is 2. The Labute approximate surface area is 148 Å². The lowest BCUT2D eigenvalue weighted by atomic mass is 10.1. The number of rotatable bonds is 6. The van der Waals surface area contributed by atoms with Gasteiger partial charge in [-0.05, 0) is 18.1 Å². The fourth-order valence-electron chi connectivity index (χ4n) is 2.84. The Bertz CT molecular complexity index is 591. The lowest BCUT2D eigenvalue weighted by molar-refractivity contribution is -0.0295. The summed E-state index contributed by atoms with van der Waals surface area (Å²) < 4.78 is 10.3. The molecule has 1 fully saturated rings. The standard InChI is InChI=1S/C18H27N3O4/c1-13(2)11-21-8-9-25-14(12-21)10-19-17(22)15-6-4-5-7-16(15)20-18(23)24-3/h4-7,13-14H,8-12H2,1-3H3,(H,19,22)(H,20,23). The van der Waals surface area contributed by atoms with Crippen molar-refractivity contribution in [2.24, 2.45) is 5.92 Å². The van der Waals surface area contributed by atoms with Crippen molar-refractivity contribution in [3.05, 3.63) is 29.8 Å². The zero-order chi connectivity index (χ0) is 18.2. The Morgan fingerprint density at radius 2 is 2.12 bits per heavy atom. The predicted octanol–water partition coefficient (Wildman–Crippen LogP) is 1.95. The first kappa shape index (κ1) is 19.2. The number of para-hydroxylation sites is 1. The number of anilines is 1. The van der Waals surface area contributed by atoms with Crippen molar-refractivity contribution < 1.29 is 19.1 Å². The number of morpholine rings is 1. The van der Waals surface area contributed by atoms with Crippen molar-refractivity contribution in [3.63, 3.8) is 0 Å². The minimum Gasteiger partial charge on any atom is -0.453 e. The summed E-state index contributed by atoms with van der Waals surface area (Å²) in [5.41, 5.74) is 0.806. The summed E-state index contributed by atoms with van der Waals surface area (Å²) in [6, 6.07) is 6.82. The molecule has 2 amide bonds. The zero-order valence-corrected chi connectivity index (χ0v) is 15.1. The number of carbonyl (C=O) groups is 2. The molecule has 7 heteroatoms. The van der Waals surface area contributed by atoms with E-state index in [1.807, 2.05) is 0 Å². The molecule has 2 rings (SSSR count). The molecule has 0 radical (unpaired) electrons. The Hall–Kier alpha value is -2.12. The van der Waals surface area contributed by atoms with E-state index in [1.54, 1.807) is 24.3 Å². The van der Waals surface area contributed by atoms with E-state index in [-0.39, 0.29) is 12.0 Å². The maximum Gasteiger partial charge on any atom is 0.411 e. The molecular formula is C18H27N3O4. The molecule has 7 nitrogen and oxygen atoms in total. The first-order valence-corrected chi connectivity index (χ1v) is 8.55. The smallest absolute Gasteiger partial charge is 0.411 e. The van der Waals surface area contributed by atoms with Crippen LogP contribution in [0, 0.1) is 5.92 Å². The number of nitrogens with zero attached hydrogens (tertiary/aromatic N) is 1. The minimum absolute atomic E-state index is 0.0304. The van der Waals surface area contributed by atoms with Gasteiger partial charge in [0.25, 0.3) is 5.91 Å². The van der Waals surface area contributed by atoms with Gasteiger partial charge in [-0.25, -0.2) is 4.79 Å². The molecule has 25 heavy (non-hydrogen) atoms. The topological polar surface area (TPSA) is 79.9 Å². The summed E-state index contributed by atoms with van der Waals surface area (Å²) in [4.78, 5) is 26.2. The van der Waals surface area contributed by atoms with Gasteiger partial charge < -0.3 is 14.8 Å². The van der Waals surface area contributed by atoms with Crippen molar-refractivity contribution in [2.75, 3.05) is 45.2 Å². The fourth-order valence-corrected chi connectivity index (χ4v) is 2.84. The molecule has 138 valence electrons. The average Bonchev–Trinajstić information content (AvgIpc) is 2.60. The summed E-state index contributed by atoms with van der Waals surface area (Å²) in [6.07, 6.45) is -0.641. The molecule has 1 aromatic rings. The number of benzene rings is 1. The van der Waals surface area contributed by atoms with Crippen molar-refractivity contribution >= 4 is 17.7 Å². The maximum absolute atomic E-state index is 12.5. The number of carbonyl (C=O) groups excluding carboxylic acids is 2. The van der Waals surface area contributed by atoms with E-state index < -0.39 is 6.09 Å². The van der Waals surface area contributed by atoms with Crippen LogP contribution >= 0.6 is 0 Å². The second-order valence-electron chi connectivity index (χ2n) is 6.52. The van der Waals surface area contributed by atoms with E-state index in [2.05, 4.69) is 34.1 Å². The highest BCUT2D eigenvalue weighted by Crippen LogP contribution is 2.15. The molecule has 0 saturated carbocycles. The normalized spacial score (nSPS) is 18.0. The minimum atomic E-state index is -0.611. The highest BCUT2D eigenvalue weighted by atomic mass is 16.5. The van der Waals surface area contributed by atoms with Gasteiger partial charge >= 0.3 is 6.09 Å². The maximum atomic E-state index is 12.5. The molecule has 1 unspecified atom stereocenters. The number of amides is 2. The number of methoxy groups -OCH3 is 1. The van der Waals surface area contributed by atoms with Gasteiger partial charge in [0.2, 0.25) is 0 Å². The van der Waals surface area contributed by atoms with Gasteiger partial charge in [-0.1, -0.05) is 26.0 Å². The van der Waals surface area contributed by atoms with Crippen LogP contribution in [-0.4, -0.2) is 62.9 Å². The van der Waals surface area contributed by atoms with E-state index in [9.17, 15) is 9.59 Å². The van der Waals surface area contributed by atoms with Gasteiger partial charge in [0.1, 0.15) is 0 Å². The van der Waals surface area contributed by atoms with Crippen LogP contribution in [0.4, 0.5) is 10.5 Å². The SMILES string of the molecule is COC(=O)Nc1ccccc1C(=O)NCC1CN(CC(C)C)CCO1. The van der Waals surface area contributed by atoms with E-state index in [0.29, 0.717) is 30.3 Å². The van der Waals surface area contributed by atoms with Crippen molar-refractivity contribution in [3.8, 4) is 0 Å². The average molecular weight is 349 g/mol. The first-order valence-electron chi connectivity index (χ1n) is 8.55. The Balaban J connectivity index is 1.91. The lowest BCUT2D eigenvalue weighted by Gasteiger charge is -2.34. The van der Waals surface area contributed by atoms with Crippen LogP contribution < -0.4 is 10.6 Å². The second kappa shape index (κ2) is 9.39. The van der Waals surface area contributed by atoms with Gasteiger partial charge in [-0.3, -0.25) is 15.0 Å². The fraction of sp³-hybridized carbons (Fsp3) is 0.556. The summed E-state index contributed by atoms with van der Waals surface area (Å²) >= 11 is 0. The van der Waals surface area contributed by atoms with E-state index >= 15 is 0 Å². The van der Waals surface area contributed by atoms with E-state index in [4.69, 9.17) is 4.74 Å². The van der Waals surface area contributed by atoms with Crippen LogP contribution in [0.25, 0.3) is 0 Å². The van der Waals surface area contributed by atoms with Crippen LogP contribution in [0.15, 0.2) is 24.3 Å². The Morgan fingerprint density at radius 3 is 2.84 bits per heavy atom. The third-order valence-electron chi connectivity index (χ3n) is 3.93. The molecule has 1 aromatic carbocycles. The third-order valence-corrected chi connectivity index (χ3v) is 3.93. The molecular weight excluding hydrogens is 322 g/mol. The summed E-state index contributed by atoms with van der Waals surface area (Å²) in [5, 5.41) is 5.44. The molecule has 0 bridgehead atoms. The van der Waals surface area contributed by atoms with Crippen molar-refractivity contribution in [1.29, 1.82) is 0 Å². The quantitative estimate of drug-likeness (QED) is 0.821. The Morgan fingerprint density at radius 1 is 1.36 bits per heavy atom. The summed E-state index contributed by atoms with van der Waals surface area (Å²) in [7, 11) is 1.28. The number of hydrogen-bond acceptors (Lipinski definition) is 5. The predicted molar refractivity (Wildman–Crippen MR) is 95.8 cm³/mol. The number of ether oxygens (including phenoxy) is 2. The van der Waals surface area contributed by atoms with Crippen molar-refractivity contribution in [1.82, 2.24) is 10.2 Å². The largest absolute Gasteiger partial charge is 0.453 e. The van der Waals surface area contributed by atoms with Crippen LogP contribution in [0.2, 0.25) is 0 Å².